The zero-order chi connectivity index (χ0) is 24.3. The molecule has 34 heavy (non-hydrogen) atoms. The molecule has 0 bridgehead atoms. The zero-order valence-corrected chi connectivity index (χ0v) is 19.8. The summed E-state index contributed by atoms with van der Waals surface area (Å²) in [5, 5.41) is 12.9. The van der Waals surface area contributed by atoms with Gasteiger partial charge < -0.3 is 10.4 Å². The van der Waals surface area contributed by atoms with E-state index >= 15 is 0 Å². The fourth-order valence-corrected chi connectivity index (χ4v) is 5.91. The van der Waals surface area contributed by atoms with Crippen LogP contribution in [-0.2, 0) is 12.6 Å². The maximum absolute atomic E-state index is 13.0. The molecule has 0 aliphatic heterocycles. The number of thiophene rings is 1. The number of rotatable bonds is 7. The third kappa shape index (κ3) is 5.46. The van der Waals surface area contributed by atoms with Gasteiger partial charge in [0.25, 0.3) is 0 Å². The molecule has 1 aliphatic rings. The smallest absolute Gasteiger partial charge is 0.416 e. The van der Waals surface area contributed by atoms with E-state index in [-0.39, 0.29) is 11.6 Å². The van der Waals surface area contributed by atoms with Crippen molar-refractivity contribution >= 4 is 23.0 Å². The first-order valence-corrected chi connectivity index (χ1v) is 12.5. The molecule has 4 rings (SSSR count). The van der Waals surface area contributed by atoms with E-state index < -0.39 is 17.7 Å². The van der Waals surface area contributed by atoms with Gasteiger partial charge in [0.15, 0.2) is 0 Å². The van der Waals surface area contributed by atoms with Crippen molar-refractivity contribution in [2.75, 3.05) is 5.32 Å². The number of halogens is 3. The summed E-state index contributed by atoms with van der Waals surface area (Å²) in [6, 6.07) is 14.4. The van der Waals surface area contributed by atoms with Crippen molar-refractivity contribution < 1.29 is 23.1 Å². The molecule has 0 amide bonds. The first-order chi connectivity index (χ1) is 16.3. The molecule has 1 fully saturated rings. The van der Waals surface area contributed by atoms with E-state index in [4.69, 9.17) is 0 Å². The number of anilines is 1. The molecule has 0 saturated heterocycles. The van der Waals surface area contributed by atoms with Crippen LogP contribution >= 0.6 is 11.3 Å². The van der Waals surface area contributed by atoms with Gasteiger partial charge in [-0.1, -0.05) is 38.3 Å². The van der Waals surface area contributed by atoms with Gasteiger partial charge in [0, 0.05) is 15.4 Å². The SMILES string of the molecule is CCc1sc(-c2ccc(C(F)(F)F)cc2)cc1C(Nc1ccc(C(=O)O)cc1)C1CCCCC1. The maximum Gasteiger partial charge on any atom is 0.416 e. The standard InChI is InChI=1S/C27H28F3NO2S/c1-2-23-22(16-24(34-23)17-8-12-20(13-9-17)27(28,29)30)25(18-6-4-3-5-7-18)31-21-14-10-19(11-15-21)26(32)33/h8-16,18,25,31H,2-7H2,1H3,(H,32,33). The Bertz CT molecular complexity index is 1110. The highest BCUT2D eigenvalue weighted by atomic mass is 32.1. The number of carboxylic acid groups (broad SMARTS) is 1. The molecule has 2 aromatic carbocycles. The Kier molecular flexibility index (Phi) is 7.31. The lowest BCUT2D eigenvalue weighted by Gasteiger charge is -2.32. The summed E-state index contributed by atoms with van der Waals surface area (Å²) in [7, 11) is 0. The molecule has 3 aromatic rings. The van der Waals surface area contributed by atoms with Gasteiger partial charge >= 0.3 is 12.1 Å². The Balaban J connectivity index is 1.67. The van der Waals surface area contributed by atoms with Crippen molar-refractivity contribution in [3.8, 4) is 10.4 Å². The molecular weight excluding hydrogens is 459 g/mol. The van der Waals surface area contributed by atoms with E-state index in [0.29, 0.717) is 5.92 Å². The number of nitrogens with one attached hydrogen (secondary N) is 1. The molecule has 1 atom stereocenters. The van der Waals surface area contributed by atoms with Crippen LogP contribution in [0.2, 0.25) is 0 Å². The van der Waals surface area contributed by atoms with Gasteiger partial charge in [-0.25, -0.2) is 4.79 Å². The molecule has 7 heteroatoms. The normalized spacial score (nSPS) is 15.8. The Hall–Kier alpha value is -2.80. The Labute approximate surface area is 201 Å². The number of aromatic carboxylic acids is 1. The van der Waals surface area contributed by atoms with E-state index in [1.54, 1.807) is 47.7 Å². The summed E-state index contributed by atoms with van der Waals surface area (Å²) in [5.74, 6) is -0.518. The Morgan fingerprint density at radius 2 is 1.71 bits per heavy atom. The molecule has 3 nitrogen and oxygen atoms in total. The van der Waals surface area contributed by atoms with E-state index in [9.17, 15) is 23.1 Å². The summed E-state index contributed by atoms with van der Waals surface area (Å²) < 4.78 is 39.0. The minimum atomic E-state index is -4.35. The molecule has 1 aliphatic carbocycles. The Morgan fingerprint density at radius 1 is 1.06 bits per heavy atom. The number of benzene rings is 2. The summed E-state index contributed by atoms with van der Waals surface area (Å²) in [5.41, 5.74) is 2.44. The van der Waals surface area contributed by atoms with Crippen LogP contribution in [0.3, 0.4) is 0 Å². The van der Waals surface area contributed by atoms with Gasteiger partial charge in [0.2, 0.25) is 0 Å². The number of aryl methyl sites for hydroxylation is 1. The summed E-state index contributed by atoms with van der Waals surface area (Å²) in [6.45, 7) is 2.10. The van der Waals surface area contributed by atoms with Crippen molar-refractivity contribution in [2.45, 2.75) is 57.7 Å². The van der Waals surface area contributed by atoms with Gasteiger partial charge in [-0.3, -0.25) is 0 Å². The van der Waals surface area contributed by atoms with Crippen molar-refractivity contribution in [2.24, 2.45) is 5.92 Å². The largest absolute Gasteiger partial charge is 0.478 e. The Morgan fingerprint density at radius 3 is 2.26 bits per heavy atom. The van der Waals surface area contributed by atoms with Crippen LogP contribution in [0.5, 0.6) is 0 Å². The average molecular weight is 488 g/mol. The number of alkyl halides is 3. The van der Waals surface area contributed by atoms with Crippen molar-refractivity contribution in [1.29, 1.82) is 0 Å². The summed E-state index contributed by atoms with van der Waals surface area (Å²) in [6.07, 6.45) is 2.30. The molecule has 1 aromatic heterocycles. The third-order valence-corrected chi connectivity index (χ3v) is 7.91. The highest BCUT2D eigenvalue weighted by molar-refractivity contribution is 7.15. The summed E-state index contributed by atoms with van der Waals surface area (Å²) in [4.78, 5) is 13.4. The van der Waals surface area contributed by atoms with Crippen LogP contribution in [0, 0.1) is 5.92 Å². The molecular formula is C27H28F3NO2S. The average Bonchev–Trinajstić information content (AvgIpc) is 3.27. The minimum Gasteiger partial charge on any atom is -0.478 e. The molecule has 2 N–H and O–H groups in total. The molecule has 1 saturated carbocycles. The number of carboxylic acids is 1. The van der Waals surface area contributed by atoms with Crippen LogP contribution in [0.4, 0.5) is 18.9 Å². The topological polar surface area (TPSA) is 49.3 Å². The van der Waals surface area contributed by atoms with Gasteiger partial charge in [0.1, 0.15) is 0 Å². The number of hydrogen-bond donors (Lipinski definition) is 2. The van der Waals surface area contributed by atoms with Crippen LogP contribution in [-0.4, -0.2) is 11.1 Å². The van der Waals surface area contributed by atoms with E-state index in [2.05, 4.69) is 18.3 Å². The molecule has 180 valence electrons. The second-order valence-corrected chi connectivity index (χ2v) is 9.96. The molecule has 0 spiro atoms. The maximum atomic E-state index is 13.0. The van der Waals surface area contributed by atoms with Crippen LogP contribution in [0.25, 0.3) is 10.4 Å². The monoisotopic (exact) mass is 487 g/mol. The first kappa shape index (κ1) is 24.3. The molecule has 1 heterocycles. The van der Waals surface area contributed by atoms with Crippen LogP contribution < -0.4 is 5.32 Å². The van der Waals surface area contributed by atoms with E-state index in [1.807, 2.05) is 0 Å². The van der Waals surface area contributed by atoms with Gasteiger partial charge in [-0.15, -0.1) is 11.3 Å². The number of carbonyl (C=O) groups is 1. The quantitative estimate of drug-likeness (QED) is 0.352. The third-order valence-electron chi connectivity index (χ3n) is 6.57. The second kappa shape index (κ2) is 10.2. The lowest BCUT2D eigenvalue weighted by molar-refractivity contribution is -0.137. The van der Waals surface area contributed by atoms with E-state index in [1.165, 1.54) is 29.7 Å². The van der Waals surface area contributed by atoms with Crippen LogP contribution in [0.1, 0.15) is 71.4 Å². The molecule has 1 unspecified atom stereocenters. The minimum absolute atomic E-state index is 0.0605. The highest BCUT2D eigenvalue weighted by Gasteiger charge is 2.31. The predicted molar refractivity (Wildman–Crippen MR) is 130 cm³/mol. The highest BCUT2D eigenvalue weighted by Crippen LogP contribution is 2.43. The molecule has 0 radical (unpaired) electrons. The van der Waals surface area contributed by atoms with Crippen molar-refractivity contribution in [1.82, 2.24) is 0 Å². The zero-order valence-electron chi connectivity index (χ0n) is 19.0. The van der Waals surface area contributed by atoms with Crippen molar-refractivity contribution in [3.63, 3.8) is 0 Å². The van der Waals surface area contributed by atoms with Crippen molar-refractivity contribution in [3.05, 3.63) is 76.2 Å². The van der Waals surface area contributed by atoms with Gasteiger partial charge in [0.05, 0.1) is 17.2 Å². The number of hydrogen-bond acceptors (Lipinski definition) is 3. The fraction of sp³-hybridized carbons (Fsp3) is 0.370. The lowest BCUT2D eigenvalue weighted by atomic mass is 9.80. The van der Waals surface area contributed by atoms with Gasteiger partial charge in [-0.2, -0.15) is 13.2 Å². The summed E-state index contributed by atoms with van der Waals surface area (Å²) >= 11 is 1.64. The van der Waals surface area contributed by atoms with Gasteiger partial charge in [-0.05, 0) is 78.8 Å². The predicted octanol–water partition coefficient (Wildman–Crippen LogP) is 8.43. The lowest BCUT2D eigenvalue weighted by Crippen LogP contribution is -2.23. The van der Waals surface area contributed by atoms with Crippen LogP contribution in [0.15, 0.2) is 54.6 Å². The van der Waals surface area contributed by atoms with E-state index in [0.717, 1.165) is 47.5 Å². The fourth-order valence-electron chi connectivity index (χ4n) is 4.75. The second-order valence-electron chi connectivity index (χ2n) is 8.82. The first-order valence-electron chi connectivity index (χ1n) is 11.7.